The number of halogens is 4. The van der Waals surface area contributed by atoms with Crippen molar-refractivity contribution in [3.05, 3.63) is 71.0 Å². The first-order valence-corrected chi connectivity index (χ1v) is 9.75. The molecule has 0 atom stereocenters. The summed E-state index contributed by atoms with van der Waals surface area (Å²) in [4.78, 5) is 26.1. The van der Waals surface area contributed by atoms with E-state index in [2.05, 4.69) is 10.4 Å². The van der Waals surface area contributed by atoms with Crippen molar-refractivity contribution in [3.8, 4) is 5.69 Å². The summed E-state index contributed by atoms with van der Waals surface area (Å²) in [6, 6.07) is 12.0. The number of hydrogen-bond acceptors (Lipinski definition) is 3. The zero-order chi connectivity index (χ0) is 22.2. The van der Waals surface area contributed by atoms with Gasteiger partial charge in [-0.2, -0.15) is 18.3 Å². The van der Waals surface area contributed by atoms with Gasteiger partial charge in [-0.25, -0.2) is 4.68 Å². The van der Waals surface area contributed by atoms with Gasteiger partial charge in [-0.05, 0) is 55.0 Å². The van der Waals surface area contributed by atoms with E-state index in [4.69, 9.17) is 11.6 Å². The van der Waals surface area contributed by atoms with Gasteiger partial charge in [-0.3, -0.25) is 9.59 Å². The molecule has 6 nitrogen and oxygen atoms in total. The summed E-state index contributed by atoms with van der Waals surface area (Å²) in [5.41, 5.74) is -0.705. The van der Waals surface area contributed by atoms with Crippen molar-refractivity contribution < 1.29 is 22.8 Å². The summed E-state index contributed by atoms with van der Waals surface area (Å²) in [6.45, 7) is 0.614. The summed E-state index contributed by atoms with van der Waals surface area (Å²) >= 11 is 5.80. The third-order valence-corrected chi connectivity index (χ3v) is 5.12. The fourth-order valence-electron chi connectivity index (χ4n) is 3.41. The Kier molecular flexibility index (Phi) is 5.45. The van der Waals surface area contributed by atoms with Gasteiger partial charge < -0.3 is 10.2 Å². The number of alkyl halides is 3. The summed E-state index contributed by atoms with van der Waals surface area (Å²) < 4.78 is 42.0. The molecule has 31 heavy (non-hydrogen) atoms. The number of hydrogen-bond donors (Lipinski definition) is 1. The Balaban J connectivity index is 1.60. The maximum atomic E-state index is 13.8. The van der Waals surface area contributed by atoms with Crippen LogP contribution < -0.4 is 10.2 Å². The number of nitrogens with zero attached hydrogens (tertiary/aromatic N) is 3. The lowest BCUT2D eigenvalue weighted by molar-refractivity contribution is -0.143. The third-order valence-electron chi connectivity index (χ3n) is 4.86. The van der Waals surface area contributed by atoms with Crippen molar-refractivity contribution in [2.24, 2.45) is 0 Å². The van der Waals surface area contributed by atoms with Crippen molar-refractivity contribution in [3.63, 3.8) is 0 Å². The minimum absolute atomic E-state index is 0.0150. The van der Waals surface area contributed by atoms with Gasteiger partial charge in [0.15, 0.2) is 5.69 Å². The van der Waals surface area contributed by atoms with Crippen molar-refractivity contribution in [1.29, 1.82) is 0 Å². The lowest BCUT2D eigenvalue weighted by atomic mass is 10.2. The largest absolute Gasteiger partial charge is 0.434 e. The fourth-order valence-corrected chi connectivity index (χ4v) is 3.54. The summed E-state index contributed by atoms with van der Waals surface area (Å²) in [7, 11) is 0. The van der Waals surface area contributed by atoms with Crippen LogP contribution in [-0.2, 0) is 11.0 Å². The number of carbonyl (C=O) groups excluding carboxylic acids is 2. The lowest BCUT2D eigenvalue weighted by Crippen LogP contribution is -2.23. The van der Waals surface area contributed by atoms with Gasteiger partial charge in [0.1, 0.15) is 0 Å². The topological polar surface area (TPSA) is 67.2 Å². The molecule has 4 rings (SSSR count). The van der Waals surface area contributed by atoms with E-state index in [0.29, 0.717) is 34.0 Å². The monoisotopic (exact) mass is 448 g/mol. The zero-order valence-electron chi connectivity index (χ0n) is 16.0. The normalized spacial score (nSPS) is 14.2. The second-order valence-electron chi connectivity index (χ2n) is 6.94. The number of nitrogens with one attached hydrogen (secondary N) is 1. The highest BCUT2D eigenvalue weighted by Gasteiger charge is 2.40. The van der Waals surface area contributed by atoms with Crippen LogP contribution in [0.4, 0.5) is 24.5 Å². The Morgan fingerprint density at radius 3 is 2.26 bits per heavy atom. The molecule has 0 spiro atoms. The highest BCUT2D eigenvalue weighted by atomic mass is 35.5. The molecular weight excluding hydrogens is 433 g/mol. The van der Waals surface area contributed by atoms with Crippen LogP contribution >= 0.6 is 11.6 Å². The Labute approximate surface area is 180 Å². The first-order chi connectivity index (χ1) is 14.7. The molecule has 1 aliphatic heterocycles. The van der Waals surface area contributed by atoms with Crippen molar-refractivity contribution in [2.75, 3.05) is 16.8 Å². The van der Waals surface area contributed by atoms with E-state index in [1.807, 2.05) is 0 Å². The average molecular weight is 449 g/mol. The molecule has 1 fully saturated rings. The van der Waals surface area contributed by atoms with Crippen LogP contribution in [0.3, 0.4) is 0 Å². The number of anilines is 2. The number of carbonyl (C=O) groups is 2. The third kappa shape index (κ3) is 4.27. The molecule has 0 bridgehead atoms. The predicted octanol–water partition coefficient (Wildman–Crippen LogP) is 4.92. The SMILES string of the molecule is O=C(Nc1ccc(N2CCCC2=O)cc1)c1cnn(-c2ccc(Cl)cc2)c1C(F)(F)F. The molecule has 0 saturated carbocycles. The van der Waals surface area contributed by atoms with E-state index in [0.717, 1.165) is 12.6 Å². The van der Waals surface area contributed by atoms with Crippen LogP contribution in [0.25, 0.3) is 5.69 Å². The number of amides is 2. The first kappa shape index (κ1) is 20.9. The van der Waals surface area contributed by atoms with E-state index < -0.39 is 23.3 Å². The highest BCUT2D eigenvalue weighted by Crippen LogP contribution is 2.34. The van der Waals surface area contributed by atoms with Crippen molar-refractivity contribution in [1.82, 2.24) is 9.78 Å². The van der Waals surface area contributed by atoms with E-state index in [9.17, 15) is 22.8 Å². The summed E-state index contributed by atoms with van der Waals surface area (Å²) in [5, 5.41) is 6.59. The molecule has 2 amide bonds. The van der Waals surface area contributed by atoms with Crippen LogP contribution in [0.5, 0.6) is 0 Å². The van der Waals surface area contributed by atoms with Gasteiger partial charge in [0.05, 0.1) is 17.4 Å². The van der Waals surface area contributed by atoms with Gasteiger partial charge in [0.25, 0.3) is 5.91 Å². The average Bonchev–Trinajstić information content (AvgIpc) is 3.36. The molecule has 10 heteroatoms. The van der Waals surface area contributed by atoms with Gasteiger partial charge in [0, 0.05) is 29.4 Å². The number of benzene rings is 2. The minimum Gasteiger partial charge on any atom is -0.322 e. The Morgan fingerprint density at radius 1 is 1.03 bits per heavy atom. The second kappa shape index (κ2) is 8.07. The van der Waals surface area contributed by atoms with Gasteiger partial charge >= 0.3 is 6.18 Å². The molecule has 1 saturated heterocycles. The molecule has 1 aromatic heterocycles. The van der Waals surface area contributed by atoms with Crippen LogP contribution in [0.2, 0.25) is 5.02 Å². The quantitative estimate of drug-likeness (QED) is 0.615. The van der Waals surface area contributed by atoms with Crippen LogP contribution in [0.1, 0.15) is 28.9 Å². The summed E-state index contributed by atoms with van der Waals surface area (Å²) in [6.07, 6.45) is -2.68. The standard InChI is InChI=1S/C21H16ClF3N4O2/c22-13-3-7-16(8-4-13)29-19(21(23,24)25)17(12-26-29)20(31)27-14-5-9-15(10-6-14)28-11-1-2-18(28)30/h3-10,12H,1-2,11H2,(H,27,31). The molecule has 0 unspecified atom stereocenters. The lowest BCUT2D eigenvalue weighted by Gasteiger charge is -2.16. The number of aromatic nitrogens is 2. The predicted molar refractivity (Wildman–Crippen MR) is 110 cm³/mol. The molecule has 0 aliphatic carbocycles. The van der Waals surface area contributed by atoms with Crippen molar-refractivity contribution >= 4 is 34.8 Å². The number of rotatable bonds is 4. The molecule has 2 heterocycles. The van der Waals surface area contributed by atoms with E-state index in [-0.39, 0.29) is 11.6 Å². The maximum absolute atomic E-state index is 13.8. The molecule has 160 valence electrons. The summed E-state index contributed by atoms with van der Waals surface area (Å²) in [5.74, 6) is -0.932. The van der Waals surface area contributed by atoms with Gasteiger partial charge in [-0.1, -0.05) is 11.6 Å². The van der Waals surface area contributed by atoms with E-state index >= 15 is 0 Å². The Bertz CT molecular complexity index is 1130. The molecule has 1 N–H and O–H groups in total. The molecule has 1 aliphatic rings. The van der Waals surface area contributed by atoms with Gasteiger partial charge in [-0.15, -0.1) is 0 Å². The molecule has 0 radical (unpaired) electrons. The van der Waals surface area contributed by atoms with E-state index in [1.54, 1.807) is 17.0 Å². The highest BCUT2D eigenvalue weighted by molar-refractivity contribution is 6.30. The molecule has 3 aromatic rings. The van der Waals surface area contributed by atoms with Crippen LogP contribution in [0.15, 0.2) is 54.7 Å². The van der Waals surface area contributed by atoms with Crippen LogP contribution in [-0.4, -0.2) is 28.1 Å². The van der Waals surface area contributed by atoms with Crippen LogP contribution in [0, 0.1) is 0 Å². The van der Waals surface area contributed by atoms with Crippen molar-refractivity contribution in [2.45, 2.75) is 19.0 Å². The molecule has 2 aromatic carbocycles. The first-order valence-electron chi connectivity index (χ1n) is 9.37. The maximum Gasteiger partial charge on any atom is 0.434 e. The Hall–Kier alpha value is -3.33. The fraction of sp³-hybridized carbons (Fsp3) is 0.190. The zero-order valence-corrected chi connectivity index (χ0v) is 16.7. The van der Waals surface area contributed by atoms with E-state index in [1.165, 1.54) is 36.4 Å². The second-order valence-corrected chi connectivity index (χ2v) is 7.38. The molecular formula is C21H16ClF3N4O2. The minimum atomic E-state index is -4.82. The smallest absolute Gasteiger partial charge is 0.322 e. The van der Waals surface area contributed by atoms with Gasteiger partial charge in [0.2, 0.25) is 5.91 Å². The Morgan fingerprint density at radius 2 is 1.68 bits per heavy atom.